The van der Waals surface area contributed by atoms with Crippen molar-refractivity contribution in [1.29, 1.82) is 0 Å². The molecule has 15 heavy (non-hydrogen) atoms. The molecule has 0 bridgehead atoms. The molecular weight excluding hydrogens is 208 g/mol. The summed E-state index contributed by atoms with van der Waals surface area (Å²) in [5.41, 5.74) is 2.13. The molecule has 1 aliphatic rings. The molecule has 0 unspecified atom stereocenters. The monoisotopic (exact) mass is 214 g/mol. The first-order valence-corrected chi connectivity index (χ1v) is 5.48. The summed E-state index contributed by atoms with van der Waals surface area (Å²) in [4.78, 5) is 23.9. The van der Waals surface area contributed by atoms with E-state index in [2.05, 4.69) is 0 Å². The van der Waals surface area contributed by atoms with E-state index in [0.717, 1.165) is 0 Å². The topological polar surface area (TPSA) is 34.1 Å². The third kappa shape index (κ3) is 1.04. The number of benzene rings is 1. The van der Waals surface area contributed by atoms with Gasteiger partial charge in [-0.25, -0.2) is 0 Å². The number of carbonyl (C=O) groups excluding carboxylic acids is 2. The van der Waals surface area contributed by atoms with Gasteiger partial charge in [-0.3, -0.25) is 9.59 Å². The third-order valence-electron chi connectivity index (χ3n) is 2.57. The first-order valence-electron chi connectivity index (χ1n) is 4.53. The van der Waals surface area contributed by atoms with E-state index in [1.807, 2.05) is 0 Å². The van der Waals surface area contributed by atoms with Crippen LogP contribution < -0.4 is 0 Å². The van der Waals surface area contributed by atoms with E-state index in [4.69, 9.17) is 0 Å². The minimum Gasteiger partial charge on any atom is -0.289 e. The van der Waals surface area contributed by atoms with Crippen molar-refractivity contribution in [1.82, 2.24) is 0 Å². The van der Waals surface area contributed by atoms with Crippen molar-refractivity contribution >= 4 is 22.9 Å². The molecule has 0 saturated heterocycles. The van der Waals surface area contributed by atoms with Gasteiger partial charge in [0.05, 0.1) is 0 Å². The molecule has 72 valence electrons. The fourth-order valence-corrected chi connectivity index (χ4v) is 2.63. The summed E-state index contributed by atoms with van der Waals surface area (Å²) in [6.07, 6.45) is 0. The summed E-state index contributed by atoms with van der Waals surface area (Å²) in [6, 6.07) is 6.97. The Balaban J connectivity index is 2.36. The number of hydrogen-bond acceptors (Lipinski definition) is 3. The average molecular weight is 214 g/mol. The number of ketones is 2. The lowest BCUT2D eigenvalue weighted by Gasteiger charge is -2.13. The highest BCUT2D eigenvalue weighted by molar-refractivity contribution is 7.08. The lowest BCUT2D eigenvalue weighted by molar-refractivity contribution is 0.0980. The van der Waals surface area contributed by atoms with Crippen molar-refractivity contribution in [2.45, 2.75) is 0 Å². The van der Waals surface area contributed by atoms with E-state index in [9.17, 15) is 9.59 Å². The Hall–Kier alpha value is -1.74. The minimum atomic E-state index is -0.0403. The molecule has 3 heteroatoms. The largest absolute Gasteiger partial charge is 0.289 e. The fraction of sp³-hybridized carbons (Fsp3) is 0. The first kappa shape index (κ1) is 8.56. The van der Waals surface area contributed by atoms with Crippen LogP contribution in [0.25, 0.3) is 0 Å². The Morgan fingerprint density at radius 2 is 1.20 bits per heavy atom. The number of thiophene rings is 1. The van der Waals surface area contributed by atoms with Crippen molar-refractivity contribution in [2.24, 2.45) is 0 Å². The van der Waals surface area contributed by atoms with Gasteiger partial charge in [-0.2, -0.15) is 11.3 Å². The molecule has 1 aromatic carbocycles. The molecule has 2 nitrogen and oxygen atoms in total. The van der Waals surface area contributed by atoms with Crippen LogP contribution in [-0.4, -0.2) is 11.6 Å². The summed E-state index contributed by atoms with van der Waals surface area (Å²) < 4.78 is 0. The zero-order chi connectivity index (χ0) is 10.4. The molecule has 0 spiro atoms. The van der Waals surface area contributed by atoms with Gasteiger partial charge in [0, 0.05) is 33.0 Å². The van der Waals surface area contributed by atoms with Gasteiger partial charge in [-0.05, 0) is 0 Å². The van der Waals surface area contributed by atoms with Crippen molar-refractivity contribution < 1.29 is 9.59 Å². The van der Waals surface area contributed by atoms with E-state index >= 15 is 0 Å². The van der Waals surface area contributed by atoms with Gasteiger partial charge in [-0.15, -0.1) is 0 Å². The Morgan fingerprint density at radius 1 is 0.733 bits per heavy atom. The van der Waals surface area contributed by atoms with E-state index in [-0.39, 0.29) is 11.6 Å². The molecule has 0 atom stereocenters. The maximum Gasteiger partial charge on any atom is 0.195 e. The molecule has 3 rings (SSSR count). The van der Waals surface area contributed by atoms with Crippen LogP contribution in [0.5, 0.6) is 0 Å². The van der Waals surface area contributed by atoms with Crippen LogP contribution in [0.4, 0.5) is 0 Å². The molecular formula is C12H6O2S. The predicted molar refractivity (Wildman–Crippen MR) is 57.6 cm³/mol. The van der Waals surface area contributed by atoms with Gasteiger partial charge in [0.15, 0.2) is 11.6 Å². The number of fused-ring (bicyclic) bond motifs is 2. The van der Waals surface area contributed by atoms with Crippen molar-refractivity contribution in [3.8, 4) is 0 Å². The van der Waals surface area contributed by atoms with Crippen molar-refractivity contribution in [3.05, 3.63) is 57.3 Å². The van der Waals surface area contributed by atoms with Gasteiger partial charge in [0.2, 0.25) is 0 Å². The molecule has 2 aromatic rings. The highest BCUT2D eigenvalue weighted by Gasteiger charge is 2.29. The molecule has 1 heterocycles. The second-order valence-electron chi connectivity index (χ2n) is 3.40. The highest BCUT2D eigenvalue weighted by Crippen LogP contribution is 2.29. The molecule has 0 saturated carbocycles. The fourth-order valence-electron chi connectivity index (χ4n) is 1.82. The summed E-state index contributed by atoms with van der Waals surface area (Å²) in [5, 5.41) is 3.48. The summed E-state index contributed by atoms with van der Waals surface area (Å²) >= 11 is 1.39. The highest BCUT2D eigenvalue weighted by atomic mass is 32.1. The lowest BCUT2D eigenvalue weighted by Crippen LogP contribution is -2.18. The summed E-state index contributed by atoms with van der Waals surface area (Å²) in [7, 11) is 0. The quantitative estimate of drug-likeness (QED) is 0.576. The Kier molecular flexibility index (Phi) is 1.64. The van der Waals surface area contributed by atoms with Crippen LogP contribution in [0.1, 0.15) is 31.8 Å². The minimum absolute atomic E-state index is 0.0403. The summed E-state index contributed by atoms with van der Waals surface area (Å²) in [6.45, 7) is 0. The third-order valence-corrected chi connectivity index (χ3v) is 3.31. The van der Waals surface area contributed by atoms with Crippen LogP contribution in [-0.2, 0) is 0 Å². The van der Waals surface area contributed by atoms with Gasteiger partial charge in [-0.1, -0.05) is 24.3 Å². The molecule has 0 amide bonds. The second kappa shape index (κ2) is 2.87. The maximum absolute atomic E-state index is 12.0. The second-order valence-corrected chi connectivity index (χ2v) is 4.15. The van der Waals surface area contributed by atoms with E-state index in [1.165, 1.54) is 11.3 Å². The first-order chi connectivity index (χ1) is 7.29. The smallest absolute Gasteiger partial charge is 0.195 e. The SMILES string of the molecule is O=C1c2ccccc2C(=O)c2cscc21. The number of carbonyl (C=O) groups is 2. The van der Waals surface area contributed by atoms with Gasteiger partial charge < -0.3 is 0 Å². The number of rotatable bonds is 0. The van der Waals surface area contributed by atoms with E-state index < -0.39 is 0 Å². The van der Waals surface area contributed by atoms with Crippen LogP contribution in [0, 0.1) is 0 Å². The Morgan fingerprint density at radius 3 is 1.67 bits per heavy atom. The zero-order valence-corrected chi connectivity index (χ0v) is 8.51. The lowest BCUT2D eigenvalue weighted by atomic mass is 9.87. The standard InChI is InChI=1S/C12H6O2S/c13-11-7-3-1-2-4-8(7)12(14)10-6-15-5-9(10)11/h1-6H. The summed E-state index contributed by atoms with van der Waals surface area (Å²) in [5.74, 6) is -0.0806. The van der Waals surface area contributed by atoms with Crippen LogP contribution >= 0.6 is 11.3 Å². The molecule has 0 fully saturated rings. The maximum atomic E-state index is 12.0. The van der Waals surface area contributed by atoms with Crippen molar-refractivity contribution in [2.75, 3.05) is 0 Å². The van der Waals surface area contributed by atoms with Crippen LogP contribution in [0.3, 0.4) is 0 Å². The van der Waals surface area contributed by atoms with Crippen LogP contribution in [0.2, 0.25) is 0 Å². The molecule has 1 aliphatic carbocycles. The van der Waals surface area contributed by atoms with Crippen LogP contribution in [0.15, 0.2) is 35.0 Å². The van der Waals surface area contributed by atoms with Gasteiger partial charge in [0.1, 0.15) is 0 Å². The van der Waals surface area contributed by atoms with E-state index in [1.54, 1.807) is 35.0 Å². The van der Waals surface area contributed by atoms with E-state index in [0.29, 0.717) is 22.3 Å². The number of hydrogen-bond donors (Lipinski definition) is 0. The van der Waals surface area contributed by atoms with Gasteiger partial charge >= 0.3 is 0 Å². The average Bonchev–Trinajstić information content (AvgIpc) is 2.75. The Bertz CT molecular complexity index is 531. The Labute approximate surface area is 90.2 Å². The van der Waals surface area contributed by atoms with Crippen molar-refractivity contribution in [3.63, 3.8) is 0 Å². The molecule has 0 radical (unpaired) electrons. The molecule has 1 aromatic heterocycles. The zero-order valence-electron chi connectivity index (χ0n) is 7.69. The normalized spacial score (nSPS) is 13.6. The van der Waals surface area contributed by atoms with Gasteiger partial charge in [0.25, 0.3) is 0 Å². The predicted octanol–water partition coefficient (Wildman–Crippen LogP) is 2.52. The molecule has 0 aliphatic heterocycles. The molecule has 0 N–H and O–H groups in total.